The summed E-state index contributed by atoms with van der Waals surface area (Å²) >= 11 is 0. The molecule has 0 unspecified atom stereocenters. The van der Waals surface area contributed by atoms with Crippen molar-refractivity contribution in [2.45, 2.75) is 99.3 Å². The average molecular weight is 626 g/mol. The van der Waals surface area contributed by atoms with Crippen molar-refractivity contribution < 1.29 is 9.59 Å². The fourth-order valence-electron chi connectivity index (χ4n) is 13.5. The molecular formula is C41H59N3O2. The number of ketones is 1. The zero-order chi connectivity index (χ0) is 32.9. The number of carbonyl (C=O) groups excluding carboxylic acids is 2. The van der Waals surface area contributed by atoms with Gasteiger partial charge in [0.2, 0.25) is 5.91 Å². The Labute approximate surface area is 278 Å². The lowest BCUT2D eigenvalue weighted by Gasteiger charge is -2.72. The van der Waals surface area contributed by atoms with E-state index in [1.54, 1.807) is 0 Å². The minimum atomic E-state index is -0.389. The van der Waals surface area contributed by atoms with Crippen LogP contribution in [0, 0.1) is 56.7 Å². The summed E-state index contributed by atoms with van der Waals surface area (Å²) in [5.74, 6) is 3.08. The zero-order valence-electron chi connectivity index (χ0n) is 29.8. The summed E-state index contributed by atoms with van der Waals surface area (Å²) in [7, 11) is 2.18. The van der Waals surface area contributed by atoms with Gasteiger partial charge in [0.25, 0.3) is 0 Å². The number of nitrogens with zero attached hydrogens (tertiary/aromatic N) is 3. The number of likely N-dealkylation sites (N-methyl/N-ethyl adjacent to an activating group) is 1. The molecule has 1 amide bonds. The molecule has 2 heterocycles. The molecule has 5 heteroatoms. The van der Waals surface area contributed by atoms with Crippen molar-refractivity contribution in [3.8, 4) is 0 Å². The summed E-state index contributed by atoms with van der Waals surface area (Å²) in [4.78, 5) is 38.0. The van der Waals surface area contributed by atoms with Crippen LogP contribution in [0.3, 0.4) is 0 Å². The number of carbonyl (C=O) groups is 2. The van der Waals surface area contributed by atoms with Gasteiger partial charge in [-0.3, -0.25) is 14.6 Å². The van der Waals surface area contributed by atoms with E-state index in [0.717, 1.165) is 76.0 Å². The number of Topliss-reactive ketones (excluding diaryl/α,β-unsaturated/α-hetero) is 1. The molecule has 46 heavy (non-hydrogen) atoms. The lowest BCUT2D eigenvalue weighted by Crippen LogP contribution is -2.67. The molecule has 6 fully saturated rings. The Hall–Kier alpha value is -2.27. The van der Waals surface area contributed by atoms with Gasteiger partial charge in [-0.15, -0.1) is 0 Å². The number of fused-ring (bicyclic) bond motifs is 7. The molecule has 1 aromatic heterocycles. The first kappa shape index (κ1) is 32.3. The molecule has 5 nitrogen and oxygen atoms in total. The highest BCUT2D eigenvalue weighted by molar-refractivity contribution is 6.04. The summed E-state index contributed by atoms with van der Waals surface area (Å²) in [6.07, 6.45) is 13.8. The maximum absolute atomic E-state index is 14.7. The first-order valence-corrected chi connectivity index (χ1v) is 18.5. The number of aromatic nitrogens is 1. The number of hydrogen-bond donors (Lipinski definition) is 0. The summed E-state index contributed by atoms with van der Waals surface area (Å²) in [5, 5.41) is 0. The molecule has 0 bridgehead atoms. The Morgan fingerprint density at radius 1 is 0.913 bits per heavy atom. The van der Waals surface area contributed by atoms with Crippen LogP contribution in [0.4, 0.5) is 0 Å². The van der Waals surface area contributed by atoms with Gasteiger partial charge in [0.1, 0.15) is 0 Å². The standard InChI is InChI=1S/C41H59N3O2/c1-27(2)30-14-17-41(36(46)44-23-21-43(8)22-24-44)19-18-39(6)31(34(30)41)12-13-33-38(5)26-28(25-29-11-9-10-20-42-29)35(45)37(3,4)32(38)15-16-40(33,39)7/h9-11,20,25,30-34H,1,12-19,21-24,26H2,2-8H3/b28-25-/t30-,31+,32-,33+,34+,38-,39+,40+,41-/m0/s1. The van der Waals surface area contributed by atoms with Crippen LogP contribution in [0.25, 0.3) is 6.08 Å². The summed E-state index contributed by atoms with van der Waals surface area (Å²) in [6, 6.07) is 5.98. The highest BCUT2D eigenvalue weighted by atomic mass is 16.2. The monoisotopic (exact) mass is 625 g/mol. The van der Waals surface area contributed by atoms with Gasteiger partial charge in [0.05, 0.1) is 11.1 Å². The molecule has 5 aliphatic carbocycles. The molecule has 250 valence electrons. The quantitative estimate of drug-likeness (QED) is 0.252. The van der Waals surface area contributed by atoms with Crippen molar-refractivity contribution in [2.24, 2.45) is 56.7 Å². The largest absolute Gasteiger partial charge is 0.340 e. The van der Waals surface area contributed by atoms with Crippen LogP contribution in [0.5, 0.6) is 0 Å². The molecule has 6 aliphatic rings. The highest BCUT2D eigenvalue weighted by Crippen LogP contribution is 2.77. The van der Waals surface area contributed by atoms with Crippen LogP contribution < -0.4 is 0 Å². The van der Waals surface area contributed by atoms with E-state index >= 15 is 0 Å². The smallest absolute Gasteiger partial charge is 0.229 e. The van der Waals surface area contributed by atoms with Crippen LogP contribution in [0.2, 0.25) is 0 Å². The first-order valence-electron chi connectivity index (χ1n) is 18.5. The maximum Gasteiger partial charge on any atom is 0.229 e. The van der Waals surface area contributed by atoms with Crippen molar-refractivity contribution in [1.82, 2.24) is 14.8 Å². The minimum absolute atomic E-state index is 0.0482. The Bertz CT molecular complexity index is 1440. The van der Waals surface area contributed by atoms with Crippen LogP contribution in [-0.2, 0) is 9.59 Å². The van der Waals surface area contributed by atoms with E-state index < -0.39 is 0 Å². The van der Waals surface area contributed by atoms with Crippen molar-refractivity contribution in [3.05, 3.63) is 47.8 Å². The molecule has 0 N–H and O–H groups in total. The van der Waals surface area contributed by atoms with Crippen LogP contribution in [-0.4, -0.2) is 59.7 Å². The average Bonchev–Trinajstić information content (AvgIpc) is 3.42. The van der Waals surface area contributed by atoms with Crippen LogP contribution in [0.15, 0.2) is 42.1 Å². The molecule has 9 atom stereocenters. The Kier molecular flexibility index (Phi) is 7.63. The van der Waals surface area contributed by atoms with Gasteiger partial charge in [-0.25, -0.2) is 0 Å². The lowest BCUT2D eigenvalue weighted by molar-refractivity contribution is -0.231. The number of amides is 1. The molecule has 1 aromatic rings. The van der Waals surface area contributed by atoms with Gasteiger partial charge in [0, 0.05) is 37.8 Å². The molecular weight excluding hydrogens is 566 g/mol. The van der Waals surface area contributed by atoms with Crippen molar-refractivity contribution in [2.75, 3.05) is 33.2 Å². The van der Waals surface area contributed by atoms with Gasteiger partial charge in [-0.2, -0.15) is 0 Å². The van der Waals surface area contributed by atoms with Crippen LogP contribution >= 0.6 is 0 Å². The van der Waals surface area contributed by atoms with Gasteiger partial charge >= 0.3 is 0 Å². The predicted molar refractivity (Wildman–Crippen MR) is 186 cm³/mol. The summed E-state index contributed by atoms with van der Waals surface area (Å²) in [6.45, 7) is 22.8. The SMILES string of the molecule is C=C(C)[C@@H]1CC[C@]2(C(=O)N3CCN(C)CC3)CC[C@]3(C)[C@H](CC[C@@H]4[C@@]5(C)C/C(=C/c6ccccn6)C(=O)C(C)(C)[C@@H]5CC[C@]43C)[C@@H]12. The number of rotatable bonds is 3. The molecule has 0 spiro atoms. The molecule has 1 saturated heterocycles. The van der Waals surface area contributed by atoms with Crippen molar-refractivity contribution in [3.63, 3.8) is 0 Å². The van der Waals surface area contributed by atoms with Crippen molar-refractivity contribution >= 4 is 17.8 Å². The third-order valence-corrected chi connectivity index (χ3v) is 15.9. The minimum Gasteiger partial charge on any atom is -0.340 e. The normalized spacial score (nSPS) is 44.6. The van der Waals surface area contributed by atoms with E-state index in [4.69, 9.17) is 0 Å². The third kappa shape index (κ3) is 4.38. The second-order valence-electron chi connectivity index (χ2n) is 18.1. The van der Waals surface area contributed by atoms with Gasteiger partial charge in [-0.05, 0) is 141 Å². The van der Waals surface area contributed by atoms with E-state index in [0.29, 0.717) is 41.3 Å². The first-order chi connectivity index (χ1) is 21.7. The van der Waals surface area contributed by atoms with Gasteiger partial charge in [0.15, 0.2) is 5.78 Å². The Morgan fingerprint density at radius 2 is 1.65 bits per heavy atom. The maximum atomic E-state index is 14.7. The van der Waals surface area contributed by atoms with E-state index in [-0.39, 0.29) is 27.1 Å². The van der Waals surface area contributed by atoms with E-state index in [1.165, 1.54) is 24.8 Å². The van der Waals surface area contributed by atoms with Gasteiger partial charge in [-0.1, -0.05) is 52.8 Å². The van der Waals surface area contributed by atoms with Crippen molar-refractivity contribution in [1.29, 1.82) is 0 Å². The second-order valence-corrected chi connectivity index (χ2v) is 18.1. The van der Waals surface area contributed by atoms with E-state index in [2.05, 4.69) is 76.0 Å². The topological polar surface area (TPSA) is 53.5 Å². The fourth-order valence-corrected chi connectivity index (χ4v) is 13.5. The third-order valence-electron chi connectivity index (χ3n) is 15.9. The molecule has 1 aliphatic heterocycles. The predicted octanol–water partition coefficient (Wildman–Crippen LogP) is 8.08. The number of hydrogen-bond acceptors (Lipinski definition) is 4. The number of piperazine rings is 1. The van der Waals surface area contributed by atoms with E-state index in [1.807, 2.05) is 24.4 Å². The Morgan fingerprint density at radius 3 is 2.33 bits per heavy atom. The number of pyridine rings is 1. The molecule has 0 radical (unpaired) electrons. The van der Waals surface area contributed by atoms with Gasteiger partial charge < -0.3 is 9.80 Å². The second kappa shape index (κ2) is 10.9. The summed E-state index contributed by atoms with van der Waals surface area (Å²) in [5.41, 5.74) is 2.91. The molecule has 7 rings (SSSR count). The van der Waals surface area contributed by atoms with E-state index in [9.17, 15) is 9.59 Å². The molecule has 0 aromatic carbocycles. The zero-order valence-corrected chi connectivity index (χ0v) is 29.8. The Balaban J connectivity index is 1.26. The van der Waals surface area contributed by atoms with Crippen LogP contribution in [0.1, 0.15) is 105 Å². The number of allylic oxidation sites excluding steroid dienone is 2. The molecule has 5 saturated carbocycles. The summed E-state index contributed by atoms with van der Waals surface area (Å²) < 4.78 is 0. The highest BCUT2D eigenvalue weighted by Gasteiger charge is 2.72. The fraction of sp³-hybridized carbons (Fsp3) is 0.732. The lowest BCUT2D eigenvalue weighted by atomic mass is 9.32.